The average molecular weight is 916 g/mol. The van der Waals surface area contributed by atoms with Gasteiger partial charge in [-0.15, -0.1) is 0 Å². The Balaban J connectivity index is 1.70. The van der Waals surface area contributed by atoms with E-state index in [1.54, 1.807) is 41.1 Å². The Bertz CT molecular complexity index is 1710. The molecule has 4 N–H and O–H groups in total. The van der Waals surface area contributed by atoms with E-state index >= 15 is 0 Å². The quantitative estimate of drug-likeness (QED) is 0.180. The first-order valence-corrected chi connectivity index (χ1v) is 24.1. The Hall–Kier alpha value is -3.08. The predicted octanol–water partition coefficient (Wildman–Crippen LogP) is 5.97. The molecule has 0 aromatic heterocycles. The molecule has 368 valence electrons. The van der Waals surface area contributed by atoms with Crippen molar-refractivity contribution in [1.82, 2.24) is 4.90 Å². The van der Waals surface area contributed by atoms with Crippen LogP contribution in [0.25, 0.3) is 0 Å². The Kier molecular flexibility index (Phi) is 21.3. The molecule has 3 fully saturated rings. The van der Waals surface area contributed by atoms with Gasteiger partial charge in [-0.25, -0.2) is 4.79 Å². The van der Waals surface area contributed by atoms with Gasteiger partial charge in [-0.3, -0.25) is 14.4 Å². The lowest BCUT2D eigenvalue weighted by atomic mass is 9.78. The first-order chi connectivity index (χ1) is 30.7. The monoisotopic (exact) mass is 916 g/mol. The molecule has 1 saturated carbocycles. The van der Waals surface area contributed by atoms with Crippen molar-refractivity contribution in [2.45, 2.75) is 186 Å². The van der Waals surface area contributed by atoms with E-state index in [4.69, 9.17) is 23.7 Å². The first-order valence-electron chi connectivity index (χ1n) is 24.1. The number of hydrogen-bond acceptors (Lipinski definition) is 13. The lowest BCUT2D eigenvalue weighted by Crippen LogP contribution is -2.63. The molecule has 2 saturated heterocycles. The van der Waals surface area contributed by atoms with Gasteiger partial charge in [0.1, 0.15) is 30.1 Å². The molecule has 0 aromatic rings. The van der Waals surface area contributed by atoms with Gasteiger partial charge >= 0.3 is 5.97 Å². The van der Waals surface area contributed by atoms with Crippen LogP contribution in [0.2, 0.25) is 0 Å². The van der Waals surface area contributed by atoms with E-state index in [2.05, 4.69) is 0 Å². The molecular formula is C51H81NO13. The minimum Gasteiger partial charge on any atom is -0.460 e. The van der Waals surface area contributed by atoms with E-state index in [9.17, 15) is 39.6 Å². The zero-order valence-electron chi connectivity index (χ0n) is 40.7. The molecule has 1 aliphatic carbocycles. The SMILES string of the molecule is CO[C@H]1C[C@@H]2CC[C@@H](C)[C@@](O)(O2)[C@H](O)C(=O)N2CCCCC2C(=O)O[C@H]([C@H](C)C[C@@H]2CC[C@@H](O)[C@H](OC)C2)CC(=O)[C@H](C)/C=C(\C)[C@@H](O)[C@@H](OC)C(=O)[C@H](C)C[C@H](C)/C=C/C=CC=C1C. The molecule has 14 heteroatoms. The van der Waals surface area contributed by atoms with Gasteiger partial charge in [0.15, 0.2) is 11.9 Å². The summed E-state index contributed by atoms with van der Waals surface area (Å²) in [6.07, 6.45) is 9.72. The van der Waals surface area contributed by atoms with Crippen LogP contribution in [0, 0.1) is 35.5 Å². The van der Waals surface area contributed by atoms with Gasteiger partial charge in [0.2, 0.25) is 5.79 Å². The van der Waals surface area contributed by atoms with Crippen molar-refractivity contribution in [1.29, 1.82) is 0 Å². The zero-order valence-corrected chi connectivity index (χ0v) is 40.7. The molecule has 3 heterocycles. The summed E-state index contributed by atoms with van der Waals surface area (Å²) in [6, 6.07) is -1.08. The number of carbonyl (C=O) groups is 4. The molecule has 65 heavy (non-hydrogen) atoms. The maximum atomic E-state index is 14.4. The van der Waals surface area contributed by atoms with E-state index in [-0.39, 0.29) is 60.9 Å². The van der Waals surface area contributed by atoms with Crippen molar-refractivity contribution in [3.8, 4) is 0 Å². The Morgan fingerprint density at radius 3 is 2.25 bits per heavy atom. The summed E-state index contributed by atoms with van der Waals surface area (Å²) in [6.45, 7) is 12.9. The smallest absolute Gasteiger partial charge is 0.329 e. The van der Waals surface area contributed by atoms with Crippen LogP contribution in [0.1, 0.15) is 126 Å². The maximum absolute atomic E-state index is 14.4. The summed E-state index contributed by atoms with van der Waals surface area (Å²) in [5, 5.41) is 45.7. The Labute approximate surface area is 387 Å². The van der Waals surface area contributed by atoms with E-state index in [0.29, 0.717) is 63.4 Å². The van der Waals surface area contributed by atoms with Crippen LogP contribution in [0.3, 0.4) is 0 Å². The highest BCUT2D eigenvalue weighted by molar-refractivity contribution is 5.89. The summed E-state index contributed by atoms with van der Waals surface area (Å²) >= 11 is 0. The standard InChI is InChI=1S/C51H81NO13/c1-30-16-12-11-13-17-31(2)42(61-8)28-38-21-19-36(7)51(60,65-38)48(57)49(58)52-23-15-14-18-39(52)50(59)64-43(33(4)26-37-20-22-40(53)44(27-37)62-9)29-41(54)32(3)25-35(6)46(56)47(63-10)45(55)34(5)24-30/h11-13,16-17,25,30,32-34,36-40,42-44,46-48,53,56-57,60H,14-15,18-24,26-29H2,1-10H3/b13-11?,16-12+,31-17?,35-25+/t30-,32-,33-,34-,36-,37+,38+,39?,40-,42+,43+,44-,46-,47+,48-,51-/m1/s1. The molecule has 1 unspecified atom stereocenters. The van der Waals surface area contributed by atoms with Crippen molar-refractivity contribution in [3.05, 3.63) is 47.6 Å². The second-order valence-electron chi connectivity index (χ2n) is 19.8. The van der Waals surface area contributed by atoms with Crippen LogP contribution in [0.4, 0.5) is 0 Å². The van der Waals surface area contributed by atoms with Crippen LogP contribution in [0.15, 0.2) is 47.6 Å². The highest BCUT2D eigenvalue weighted by Crippen LogP contribution is 2.39. The molecule has 4 rings (SSSR count). The van der Waals surface area contributed by atoms with Crippen molar-refractivity contribution >= 4 is 23.4 Å². The largest absolute Gasteiger partial charge is 0.460 e. The number of fused-ring (bicyclic) bond motifs is 3. The average Bonchev–Trinajstić information content (AvgIpc) is 3.28. The lowest BCUT2D eigenvalue weighted by molar-refractivity contribution is -0.317. The van der Waals surface area contributed by atoms with Crippen LogP contribution in [0.5, 0.6) is 0 Å². The normalized spacial score (nSPS) is 40.2. The molecule has 0 spiro atoms. The van der Waals surface area contributed by atoms with E-state index in [0.717, 1.165) is 12.0 Å². The summed E-state index contributed by atoms with van der Waals surface area (Å²) in [5.41, 5.74) is 1.30. The predicted molar refractivity (Wildman–Crippen MR) is 246 cm³/mol. The number of cyclic esters (lactones) is 1. The van der Waals surface area contributed by atoms with Crippen LogP contribution < -0.4 is 0 Å². The van der Waals surface area contributed by atoms with E-state index in [1.165, 1.54) is 12.0 Å². The molecule has 1 amide bonds. The number of allylic oxidation sites excluding steroid dienone is 6. The Morgan fingerprint density at radius 2 is 1.57 bits per heavy atom. The second-order valence-corrected chi connectivity index (χ2v) is 19.8. The number of esters is 1. The van der Waals surface area contributed by atoms with Crippen LogP contribution >= 0.6 is 0 Å². The van der Waals surface area contributed by atoms with Gasteiger partial charge < -0.3 is 49.0 Å². The topological polar surface area (TPSA) is 199 Å². The fraction of sp³-hybridized carbons (Fsp3) is 0.765. The number of hydrogen-bond donors (Lipinski definition) is 4. The number of nitrogens with zero attached hydrogens (tertiary/aromatic N) is 1. The molecular weight excluding hydrogens is 835 g/mol. The Morgan fingerprint density at radius 1 is 0.846 bits per heavy atom. The minimum absolute atomic E-state index is 0.0264. The molecule has 14 nitrogen and oxygen atoms in total. The minimum atomic E-state index is -2.23. The van der Waals surface area contributed by atoms with Crippen molar-refractivity contribution in [2.75, 3.05) is 27.9 Å². The van der Waals surface area contributed by atoms with Crippen molar-refractivity contribution < 1.29 is 63.3 Å². The van der Waals surface area contributed by atoms with E-state index < -0.39 is 78.1 Å². The number of Topliss-reactive ketones (excluding diaryl/α,β-unsaturated/α-hetero) is 2. The lowest BCUT2D eigenvalue weighted by Gasteiger charge is -2.46. The number of carbonyl (C=O) groups excluding carboxylic acids is 4. The summed E-state index contributed by atoms with van der Waals surface area (Å²) in [7, 11) is 4.55. The first kappa shape index (κ1) is 54.5. The summed E-state index contributed by atoms with van der Waals surface area (Å²) < 4.78 is 29.5. The maximum Gasteiger partial charge on any atom is 0.329 e. The molecule has 3 aliphatic heterocycles. The molecule has 2 bridgehead atoms. The highest BCUT2D eigenvalue weighted by atomic mass is 16.6. The number of amides is 1. The van der Waals surface area contributed by atoms with Crippen molar-refractivity contribution in [3.63, 3.8) is 0 Å². The number of aliphatic hydroxyl groups excluding tert-OH is 3. The van der Waals surface area contributed by atoms with Crippen LogP contribution in [-0.2, 0) is 42.9 Å². The molecule has 0 aromatic carbocycles. The van der Waals surface area contributed by atoms with Gasteiger partial charge in [0, 0.05) is 58.5 Å². The van der Waals surface area contributed by atoms with Gasteiger partial charge in [0.05, 0.1) is 24.4 Å². The number of ether oxygens (including phenoxy) is 5. The number of aliphatic hydroxyl groups is 4. The van der Waals surface area contributed by atoms with Gasteiger partial charge in [0.25, 0.3) is 5.91 Å². The number of piperidine rings is 1. The zero-order chi connectivity index (χ0) is 48.2. The number of rotatable bonds is 6. The second kappa shape index (κ2) is 25.3. The number of methoxy groups -OCH3 is 3. The summed E-state index contributed by atoms with van der Waals surface area (Å²) in [4.78, 5) is 57.8. The molecule has 16 atom stereocenters. The van der Waals surface area contributed by atoms with Crippen LogP contribution in [-0.4, -0.2) is 137 Å². The van der Waals surface area contributed by atoms with Gasteiger partial charge in [-0.2, -0.15) is 0 Å². The van der Waals surface area contributed by atoms with E-state index in [1.807, 2.05) is 58.1 Å². The molecule has 4 aliphatic rings. The summed E-state index contributed by atoms with van der Waals surface area (Å²) in [5.74, 6) is -6.22. The highest BCUT2D eigenvalue weighted by Gasteiger charge is 2.53. The van der Waals surface area contributed by atoms with Gasteiger partial charge in [-0.1, -0.05) is 71.1 Å². The fourth-order valence-electron chi connectivity index (χ4n) is 10.3. The third kappa shape index (κ3) is 14.5. The third-order valence-electron chi connectivity index (χ3n) is 14.7. The van der Waals surface area contributed by atoms with Crippen molar-refractivity contribution in [2.24, 2.45) is 35.5 Å². The van der Waals surface area contributed by atoms with Gasteiger partial charge in [-0.05, 0) is 107 Å². The fourth-order valence-corrected chi connectivity index (χ4v) is 10.3. The third-order valence-corrected chi connectivity index (χ3v) is 14.7. The number of ketones is 2. The molecule has 0 radical (unpaired) electrons.